The summed E-state index contributed by atoms with van der Waals surface area (Å²) in [7, 11) is 1.67. The predicted molar refractivity (Wildman–Crippen MR) is 111 cm³/mol. The van der Waals surface area contributed by atoms with Crippen molar-refractivity contribution in [2.24, 2.45) is 0 Å². The average Bonchev–Trinajstić information content (AvgIpc) is 3.14. The van der Waals surface area contributed by atoms with E-state index in [1.807, 2.05) is 24.3 Å². The molecule has 0 N–H and O–H groups in total. The standard InChI is InChI=1S/C25H22O2/c1-17-4-8-19(9-5-17)23-16-24(20-12-14-22(26-3)15-13-20)27-25(23)21-10-6-18(2)7-11-21/h4-16H,1-3H3. The van der Waals surface area contributed by atoms with Crippen LogP contribution in [-0.4, -0.2) is 7.11 Å². The highest BCUT2D eigenvalue weighted by Gasteiger charge is 2.16. The number of benzene rings is 3. The molecular weight excluding hydrogens is 332 g/mol. The Hall–Kier alpha value is -3.26. The van der Waals surface area contributed by atoms with Crippen LogP contribution in [0, 0.1) is 13.8 Å². The van der Waals surface area contributed by atoms with Crippen LogP contribution in [0.3, 0.4) is 0 Å². The fourth-order valence-electron chi connectivity index (χ4n) is 3.16. The van der Waals surface area contributed by atoms with Crippen molar-refractivity contribution in [2.75, 3.05) is 7.11 Å². The Labute approximate surface area is 160 Å². The molecule has 0 aliphatic rings. The molecule has 0 spiro atoms. The van der Waals surface area contributed by atoms with Gasteiger partial charge in [0.15, 0.2) is 0 Å². The molecule has 3 aromatic carbocycles. The second kappa shape index (κ2) is 7.16. The zero-order valence-electron chi connectivity index (χ0n) is 15.8. The summed E-state index contributed by atoms with van der Waals surface area (Å²) in [5, 5.41) is 0. The first-order chi connectivity index (χ1) is 13.1. The third-order valence-corrected chi connectivity index (χ3v) is 4.78. The predicted octanol–water partition coefficient (Wildman–Crippen LogP) is 6.91. The number of rotatable bonds is 4. The van der Waals surface area contributed by atoms with E-state index in [0.29, 0.717) is 0 Å². The van der Waals surface area contributed by atoms with E-state index in [-0.39, 0.29) is 0 Å². The van der Waals surface area contributed by atoms with Gasteiger partial charge in [0.25, 0.3) is 0 Å². The molecule has 0 saturated heterocycles. The highest BCUT2D eigenvalue weighted by atomic mass is 16.5. The van der Waals surface area contributed by atoms with Gasteiger partial charge < -0.3 is 9.15 Å². The molecule has 4 aromatic rings. The van der Waals surface area contributed by atoms with Gasteiger partial charge in [-0.15, -0.1) is 0 Å². The fourth-order valence-corrected chi connectivity index (χ4v) is 3.16. The molecule has 0 saturated carbocycles. The van der Waals surface area contributed by atoms with Crippen molar-refractivity contribution in [2.45, 2.75) is 13.8 Å². The monoisotopic (exact) mass is 354 g/mol. The van der Waals surface area contributed by atoms with Crippen molar-refractivity contribution in [3.05, 3.63) is 90.0 Å². The van der Waals surface area contributed by atoms with Crippen molar-refractivity contribution in [1.82, 2.24) is 0 Å². The van der Waals surface area contributed by atoms with Crippen molar-refractivity contribution < 1.29 is 9.15 Å². The van der Waals surface area contributed by atoms with Crippen LogP contribution in [0.5, 0.6) is 5.75 Å². The quantitative estimate of drug-likeness (QED) is 0.397. The summed E-state index contributed by atoms with van der Waals surface area (Å²) in [6, 6.07) is 27.1. The SMILES string of the molecule is COc1ccc(-c2cc(-c3ccc(C)cc3)c(-c3ccc(C)cc3)o2)cc1. The van der Waals surface area contributed by atoms with Gasteiger partial charge in [-0.1, -0.05) is 59.7 Å². The molecule has 0 unspecified atom stereocenters. The van der Waals surface area contributed by atoms with Gasteiger partial charge in [-0.2, -0.15) is 0 Å². The Bertz CT molecular complexity index is 974. The van der Waals surface area contributed by atoms with Crippen molar-refractivity contribution >= 4 is 0 Å². The van der Waals surface area contributed by atoms with Crippen LogP contribution >= 0.6 is 0 Å². The van der Waals surface area contributed by atoms with Crippen molar-refractivity contribution in [3.63, 3.8) is 0 Å². The summed E-state index contributed by atoms with van der Waals surface area (Å²) in [6.07, 6.45) is 0. The van der Waals surface area contributed by atoms with Crippen LogP contribution in [0.15, 0.2) is 83.3 Å². The van der Waals surface area contributed by atoms with E-state index in [9.17, 15) is 0 Å². The first-order valence-corrected chi connectivity index (χ1v) is 9.06. The minimum Gasteiger partial charge on any atom is -0.497 e. The lowest BCUT2D eigenvalue weighted by atomic mass is 10.00. The zero-order valence-corrected chi connectivity index (χ0v) is 15.8. The highest BCUT2D eigenvalue weighted by molar-refractivity contribution is 5.83. The lowest BCUT2D eigenvalue weighted by Crippen LogP contribution is -1.81. The van der Waals surface area contributed by atoms with E-state index in [4.69, 9.17) is 9.15 Å². The van der Waals surface area contributed by atoms with Crippen molar-refractivity contribution in [3.8, 4) is 39.5 Å². The Morgan fingerprint density at radius 2 is 1.15 bits per heavy atom. The number of furan rings is 1. The molecule has 0 bridgehead atoms. The highest BCUT2D eigenvalue weighted by Crippen LogP contribution is 2.39. The maximum Gasteiger partial charge on any atom is 0.142 e. The molecule has 0 aliphatic heterocycles. The van der Waals surface area contributed by atoms with Crippen LogP contribution in [0.1, 0.15) is 11.1 Å². The molecule has 0 fully saturated rings. The molecule has 2 heteroatoms. The molecule has 0 atom stereocenters. The molecular formula is C25H22O2. The smallest absolute Gasteiger partial charge is 0.142 e. The van der Waals surface area contributed by atoms with E-state index >= 15 is 0 Å². The number of ether oxygens (including phenoxy) is 1. The van der Waals surface area contributed by atoms with Crippen LogP contribution in [-0.2, 0) is 0 Å². The van der Waals surface area contributed by atoms with Gasteiger partial charge in [-0.3, -0.25) is 0 Å². The Morgan fingerprint density at radius 3 is 1.70 bits per heavy atom. The third-order valence-electron chi connectivity index (χ3n) is 4.78. The minimum atomic E-state index is 0.836. The van der Waals surface area contributed by atoms with Gasteiger partial charge in [-0.05, 0) is 49.7 Å². The fraction of sp³-hybridized carbons (Fsp3) is 0.120. The molecule has 2 nitrogen and oxygen atoms in total. The summed E-state index contributed by atoms with van der Waals surface area (Å²) in [5.41, 5.74) is 6.84. The van der Waals surface area contributed by atoms with Gasteiger partial charge in [-0.25, -0.2) is 0 Å². The maximum atomic E-state index is 6.34. The summed E-state index contributed by atoms with van der Waals surface area (Å²) in [6.45, 7) is 4.19. The molecule has 0 aliphatic carbocycles. The third kappa shape index (κ3) is 3.52. The number of hydrogen-bond donors (Lipinski definition) is 0. The molecule has 1 aromatic heterocycles. The first-order valence-electron chi connectivity index (χ1n) is 9.06. The van der Waals surface area contributed by atoms with Gasteiger partial charge in [0.05, 0.1) is 7.11 Å². The van der Waals surface area contributed by atoms with E-state index < -0.39 is 0 Å². The van der Waals surface area contributed by atoms with E-state index in [1.54, 1.807) is 7.11 Å². The van der Waals surface area contributed by atoms with Crippen LogP contribution in [0.4, 0.5) is 0 Å². The summed E-state index contributed by atoms with van der Waals surface area (Å²) in [4.78, 5) is 0. The van der Waals surface area contributed by atoms with Gasteiger partial charge in [0, 0.05) is 16.7 Å². The largest absolute Gasteiger partial charge is 0.497 e. The normalized spacial score (nSPS) is 10.8. The lowest BCUT2D eigenvalue weighted by Gasteiger charge is -2.04. The van der Waals surface area contributed by atoms with Gasteiger partial charge in [0.1, 0.15) is 17.3 Å². The Balaban J connectivity index is 1.85. The van der Waals surface area contributed by atoms with E-state index in [2.05, 4.69) is 68.4 Å². The molecule has 0 radical (unpaired) electrons. The van der Waals surface area contributed by atoms with Crippen LogP contribution in [0.25, 0.3) is 33.8 Å². The zero-order chi connectivity index (χ0) is 18.8. The Kier molecular flexibility index (Phi) is 4.55. The average molecular weight is 354 g/mol. The molecule has 0 amide bonds. The number of aryl methyl sites for hydroxylation is 2. The van der Waals surface area contributed by atoms with E-state index in [0.717, 1.165) is 39.5 Å². The van der Waals surface area contributed by atoms with Crippen LogP contribution in [0.2, 0.25) is 0 Å². The maximum absolute atomic E-state index is 6.34. The molecule has 1 heterocycles. The number of methoxy groups -OCH3 is 1. The molecule has 134 valence electrons. The summed E-state index contributed by atoms with van der Waals surface area (Å²) < 4.78 is 11.6. The topological polar surface area (TPSA) is 22.4 Å². The summed E-state index contributed by atoms with van der Waals surface area (Å²) >= 11 is 0. The van der Waals surface area contributed by atoms with Crippen LogP contribution < -0.4 is 4.74 Å². The van der Waals surface area contributed by atoms with Gasteiger partial charge in [0.2, 0.25) is 0 Å². The summed E-state index contributed by atoms with van der Waals surface area (Å²) in [5.74, 6) is 2.58. The number of hydrogen-bond acceptors (Lipinski definition) is 2. The molecule has 4 rings (SSSR count). The van der Waals surface area contributed by atoms with Crippen molar-refractivity contribution in [1.29, 1.82) is 0 Å². The second-order valence-electron chi connectivity index (χ2n) is 6.81. The second-order valence-corrected chi connectivity index (χ2v) is 6.81. The van der Waals surface area contributed by atoms with E-state index in [1.165, 1.54) is 11.1 Å². The Morgan fingerprint density at radius 1 is 0.630 bits per heavy atom. The molecule has 27 heavy (non-hydrogen) atoms. The lowest BCUT2D eigenvalue weighted by molar-refractivity contribution is 0.415. The van der Waals surface area contributed by atoms with Gasteiger partial charge >= 0.3 is 0 Å². The minimum absolute atomic E-state index is 0.836. The first kappa shape index (κ1) is 17.2.